The SMILES string of the molecule is COc1ccccc1Cn1c(SCc2ccccc2C)nc2cc(C(=O)N3CCC4(CC3)OCCO4)ccc2c1=O. The van der Waals surface area contributed by atoms with Crippen LogP contribution in [0, 0.1) is 6.92 Å². The Morgan fingerprint density at radius 1 is 1.00 bits per heavy atom. The zero-order chi connectivity index (χ0) is 28.4. The van der Waals surface area contributed by atoms with Gasteiger partial charge in [0.2, 0.25) is 0 Å². The fraction of sp³-hybridized carbons (Fsp3) is 0.344. The van der Waals surface area contributed by atoms with Crippen molar-refractivity contribution in [3.8, 4) is 5.75 Å². The topological polar surface area (TPSA) is 82.9 Å². The number of ether oxygens (including phenoxy) is 3. The van der Waals surface area contributed by atoms with Gasteiger partial charge in [0, 0.05) is 42.8 Å². The van der Waals surface area contributed by atoms with Crippen LogP contribution in [0.25, 0.3) is 10.9 Å². The van der Waals surface area contributed by atoms with E-state index in [1.807, 2.05) is 41.3 Å². The van der Waals surface area contributed by atoms with E-state index in [9.17, 15) is 9.59 Å². The number of carbonyl (C=O) groups excluding carboxylic acids is 1. The normalized spacial score (nSPS) is 16.4. The lowest BCUT2D eigenvalue weighted by atomic mass is 10.0. The standard InChI is InChI=1S/C32H33N3O5S/c1-22-7-3-4-9-25(22)21-41-31-33-27-19-23(29(36)34-15-13-32(14-16-34)39-17-18-40-32)11-12-26(27)30(37)35(31)20-24-8-5-6-10-28(24)38-2/h3-12,19H,13-18,20-21H2,1-2H3. The van der Waals surface area contributed by atoms with Gasteiger partial charge < -0.3 is 19.1 Å². The fourth-order valence-corrected chi connectivity index (χ4v) is 6.60. The molecule has 2 aliphatic rings. The Morgan fingerprint density at radius 3 is 2.44 bits per heavy atom. The molecule has 0 atom stereocenters. The second kappa shape index (κ2) is 11.7. The van der Waals surface area contributed by atoms with Crippen LogP contribution >= 0.6 is 11.8 Å². The number of nitrogens with zero attached hydrogens (tertiary/aromatic N) is 3. The summed E-state index contributed by atoms with van der Waals surface area (Å²) in [6.07, 6.45) is 1.30. The maximum atomic E-state index is 13.9. The molecule has 1 spiro atoms. The number of piperidine rings is 1. The van der Waals surface area contributed by atoms with Gasteiger partial charge in [-0.25, -0.2) is 4.98 Å². The third kappa shape index (κ3) is 5.62. The molecule has 2 fully saturated rings. The summed E-state index contributed by atoms with van der Waals surface area (Å²) in [5, 5.41) is 1.07. The van der Waals surface area contributed by atoms with Crippen LogP contribution in [0.5, 0.6) is 5.75 Å². The lowest BCUT2D eigenvalue weighted by Gasteiger charge is -2.37. The summed E-state index contributed by atoms with van der Waals surface area (Å²) in [5.74, 6) is 0.757. The molecular formula is C32H33N3O5S. The number of carbonyl (C=O) groups is 1. The van der Waals surface area contributed by atoms with E-state index in [-0.39, 0.29) is 11.5 Å². The molecule has 4 aromatic rings. The predicted molar refractivity (Wildman–Crippen MR) is 159 cm³/mol. The summed E-state index contributed by atoms with van der Waals surface area (Å²) in [6.45, 7) is 4.72. The van der Waals surface area contributed by atoms with Gasteiger partial charge in [-0.2, -0.15) is 0 Å². The molecule has 9 heteroatoms. The average molecular weight is 572 g/mol. The fourth-order valence-electron chi connectivity index (χ4n) is 5.52. The number of para-hydroxylation sites is 1. The van der Waals surface area contributed by atoms with E-state index >= 15 is 0 Å². The molecule has 0 aliphatic carbocycles. The number of hydrogen-bond acceptors (Lipinski definition) is 7. The Hall–Kier alpha value is -3.66. The number of benzene rings is 3. The zero-order valence-corrected chi connectivity index (χ0v) is 24.1. The highest BCUT2D eigenvalue weighted by Gasteiger charge is 2.40. The van der Waals surface area contributed by atoms with Gasteiger partial charge in [0.05, 0.1) is 37.8 Å². The lowest BCUT2D eigenvalue weighted by Crippen LogP contribution is -2.47. The summed E-state index contributed by atoms with van der Waals surface area (Å²) in [7, 11) is 1.63. The van der Waals surface area contributed by atoms with Crippen molar-refractivity contribution in [3.05, 3.63) is 99.3 Å². The summed E-state index contributed by atoms with van der Waals surface area (Å²) < 4.78 is 18.9. The number of aromatic nitrogens is 2. The predicted octanol–water partition coefficient (Wildman–Crippen LogP) is 5.03. The molecule has 1 amide bonds. The minimum Gasteiger partial charge on any atom is -0.496 e. The van der Waals surface area contributed by atoms with Gasteiger partial charge in [0.15, 0.2) is 10.9 Å². The number of likely N-dealkylation sites (tertiary alicyclic amines) is 1. The van der Waals surface area contributed by atoms with Crippen LogP contribution in [0.15, 0.2) is 76.7 Å². The first-order valence-electron chi connectivity index (χ1n) is 13.9. The number of thioether (sulfide) groups is 1. The van der Waals surface area contributed by atoms with Crippen LogP contribution in [-0.2, 0) is 21.8 Å². The Morgan fingerprint density at radius 2 is 1.71 bits per heavy atom. The van der Waals surface area contributed by atoms with Crippen LogP contribution in [0.3, 0.4) is 0 Å². The molecule has 41 heavy (non-hydrogen) atoms. The van der Waals surface area contributed by atoms with E-state index in [2.05, 4.69) is 19.1 Å². The first kappa shape index (κ1) is 27.5. The third-order valence-corrected chi connectivity index (χ3v) is 8.96. The van der Waals surface area contributed by atoms with Crippen molar-refractivity contribution in [2.75, 3.05) is 33.4 Å². The highest BCUT2D eigenvalue weighted by molar-refractivity contribution is 7.98. The van der Waals surface area contributed by atoms with Crippen LogP contribution in [0.4, 0.5) is 0 Å². The lowest BCUT2D eigenvalue weighted by molar-refractivity contribution is -0.181. The third-order valence-electron chi connectivity index (χ3n) is 7.93. The number of hydrogen-bond donors (Lipinski definition) is 0. The molecule has 2 saturated heterocycles. The molecule has 2 aliphatic heterocycles. The summed E-state index contributed by atoms with van der Waals surface area (Å²) >= 11 is 1.52. The highest BCUT2D eigenvalue weighted by Crippen LogP contribution is 2.32. The van der Waals surface area contributed by atoms with Crippen molar-refractivity contribution in [3.63, 3.8) is 0 Å². The molecule has 0 N–H and O–H groups in total. The Labute approximate surface area is 243 Å². The molecule has 0 unspecified atom stereocenters. The Kier molecular flexibility index (Phi) is 7.84. The van der Waals surface area contributed by atoms with Gasteiger partial charge in [-0.1, -0.05) is 54.2 Å². The number of fused-ring (bicyclic) bond motifs is 1. The molecule has 1 aromatic heterocycles. The summed E-state index contributed by atoms with van der Waals surface area (Å²) in [5.41, 5.74) is 4.14. The largest absolute Gasteiger partial charge is 0.496 e. The average Bonchev–Trinajstić information content (AvgIpc) is 3.46. The van der Waals surface area contributed by atoms with Gasteiger partial charge in [-0.15, -0.1) is 0 Å². The molecule has 3 aromatic carbocycles. The molecule has 8 nitrogen and oxygen atoms in total. The van der Waals surface area contributed by atoms with E-state index < -0.39 is 5.79 Å². The van der Waals surface area contributed by atoms with Gasteiger partial charge in [-0.3, -0.25) is 14.2 Å². The monoisotopic (exact) mass is 571 g/mol. The van der Waals surface area contributed by atoms with E-state index in [1.165, 1.54) is 22.9 Å². The molecule has 0 saturated carbocycles. The van der Waals surface area contributed by atoms with E-state index in [0.29, 0.717) is 78.8 Å². The molecule has 3 heterocycles. The Bertz CT molecular complexity index is 1640. The van der Waals surface area contributed by atoms with Crippen LogP contribution in [0.2, 0.25) is 0 Å². The second-order valence-corrected chi connectivity index (χ2v) is 11.4. The minimum atomic E-state index is -0.544. The van der Waals surface area contributed by atoms with Crippen molar-refractivity contribution < 1.29 is 19.0 Å². The molecule has 212 valence electrons. The minimum absolute atomic E-state index is 0.0751. The Balaban J connectivity index is 1.33. The van der Waals surface area contributed by atoms with Crippen molar-refractivity contribution >= 4 is 28.6 Å². The van der Waals surface area contributed by atoms with Crippen LogP contribution < -0.4 is 10.3 Å². The van der Waals surface area contributed by atoms with E-state index in [0.717, 1.165) is 5.56 Å². The van der Waals surface area contributed by atoms with Gasteiger partial charge in [-0.05, 0) is 42.3 Å². The van der Waals surface area contributed by atoms with Gasteiger partial charge >= 0.3 is 0 Å². The quantitative estimate of drug-likeness (QED) is 0.227. The van der Waals surface area contributed by atoms with E-state index in [4.69, 9.17) is 19.2 Å². The number of methoxy groups -OCH3 is 1. The van der Waals surface area contributed by atoms with Crippen molar-refractivity contribution in [1.29, 1.82) is 0 Å². The van der Waals surface area contributed by atoms with E-state index in [1.54, 1.807) is 29.9 Å². The molecule has 0 radical (unpaired) electrons. The molecule has 0 bridgehead atoms. The number of rotatable bonds is 7. The second-order valence-electron chi connectivity index (χ2n) is 10.4. The van der Waals surface area contributed by atoms with Crippen LogP contribution in [-0.4, -0.2) is 59.6 Å². The molecular weight excluding hydrogens is 538 g/mol. The summed E-state index contributed by atoms with van der Waals surface area (Å²) in [6, 6.07) is 21.1. The van der Waals surface area contributed by atoms with Gasteiger partial charge in [0.1, 0.15) is 5.75 Å². The zero-order valence-electron chi connectivity index (χ0n) is 23.3. The van der Waals surface area contributed by atoms with Crippen LogP contribution in [0.1, 0.15) is 39.9 Å². The first-order valence-corrected chi connectivity index (χ1v) is 14.9. The van der Waals surface area contributed by atoms with Gasteiger partial charge in [0.25, 0.3) is 11.5 Å². The first-order chi connectivity index (χ1) is 20.0. The molecule has 6 rings (SSSR count). The highest BCUT2D eigenvalue weighted by atomic mass is 32.2. The number of amides is 1. The summed E-state index contributed by atoms with van der Waals surface area (Å²) in [4.78, 5) is 34.1. The maximum Gasteiger partial charge on any atom is 0.262 e. The smallest absolute Gasteiger partial charge is 0.262 e. The number of aryl methyl sites for hydroxylation is 1. The van der Waals surface area contributed by atoms with Crippen molar-refractivity contribution in [2.24, 2.45) is 0 Å². The van der Waals surface area contributed by atoms with Crippen molar-refractivity contribution in [2.45, 2.75) is 43.0 Å². The van der Waals surface area contributed by atoms with Crippen molar-refractivity contribution in [1.82, 2.24) is 14.5 Å². The maximum absolute atomic E-state index is 13.9.